The van der Waals surface area contributed by atoms with Gasteiger partial charge in [0.2, 0.25) is 0 Å². The summed E-state index contributed by atoms with van der Waals surface area (Å²) in [4.78, 5) is 6.86. The van der Waals surface area contributed by atoms with Gasteiger partial charge in [-0.2, -0.15) is 0 Å². The van der Waals surface area contributed by atoms with Crippen molar-refractivity contribution >= 4 is 16.7 Å². The summed E-state index contributed by atoms with van der Waals surface area (Å²) in [6.45, 7) is 0.110. The van der Waals surface area contributed by atoms with Crippen molar-refractivity contribution in [2.75, 3.05) is 5.73 Å². The van der Waals surface area contributed by atoms with Crippen LogP contribution in [0.25, 0.3) is 11.0 Å². The molecule has 0 radical (unpaired) electrons. The number of nitrogen functional groups attached to an aromatic ring is 1. The van der Waals surface area contributed by atoms with Crippen LogP contribution >= 0.6 is 0 Å². The molecular formula is C14H11F2N3O. The normalized spacial score (nSPS) is 10.9. The smallest absolute Gasteiger partial charge is 0.186 e. The molecule has 102 valence electrons. The number of fused-ring (bicyclic) bond motifs is 1. The van der Waals surface area contributed by atoms with E-state index in [1.807, 2.05) is 0 Å². The first-order chi connectivity index (χ1) is 9.63. The van der Waals surface area contributed by atoms with Gasteiger partial charge in [0, 0.05) is 11.8 Å². The lowest BCUT2D eigenvalue weighted by Gasteiger charge is -2.04. The van der Waals surface area contributed by atoms with E-state index in [2.05, 4.69) is 9.97 Å². The van der Waals surface area contributed by atoms with Crippen molar-refractivity contribution in [3.8, 4) is 5.75 Å². The fourth-order valence-electron chi connectivity index (χ4n) is 1.89. The second-order valence-corrected chi connectivity index (χ2v) is 4.30. The highest BCUT2D eigenvalue weighted by Crippen LogP contribution is 2.20. The highest BCUT2D eigenvalue weighted by atomic mass is 19.2. The lowest BCUT2D eigenvalue weighted by atomic mass is 10.3. The first-order valence-electron chi connectivity index (χ1n) is 5.94. The summed E-state index contributed by atoms with van der Waals surface area (Å²) >= 11 is 0. The number of H-pyrrole nitrogens is 1. The van der Waals surface area contributed by atoms with Crippen LogP contribution in [-0.4, -0.2) is 9.97 Å². The van der Waals surface area contributed by atoms with Crippen molar-refractivity contribution in [3.63, 3.8) is 0 Å². The number of halogens is 2. The Balaban J connectivity index is 1.83. The molecule has 0 saturated carbocycles. The van der Waals surface area contributed by atoms with Crippen LogP contribution in [-0.2, 0) is 6.61 Å². The van der Waals surface area contributed by atoms with Crippen molar-refractivity contribution in [3.05, 3.63) is 53.9 Å². The van der Waals surface area contributed by atoms with E-state index in [1.54, 1.807) is 24.3 Å². The molecule has 0 amide bonds. The third-order valence-electron chi connectivity index (χ3n) is 2.83. The van der Waals surface area contributed by atoms with Crippen molar-refractivity contribution in [1.82, 2.24) is 9.97 Å². The van der Waals surface area contributed by atoms with Gasteiger partial charge in [0.15, 0.2) is 11.6 Å². The highest BCUT2D eigenvalue weighted by molar-refractivity contribution is 5.75. The number of nitrogens with two attached hydrogens (primary N) is 1. The molecule has 2 aromatic carbocycles. The van der Waals surface area contributed by atoms with Gasteiger partial charge in [-0.1, -0.05) is 6.07 Å². The van der Waals surface area contributed by atoms with Crippen LogP contribution in [0.3, 0.4) is 0 Å². The molecule has 1 heterocycles. The first kappa shape index (κ1) is 12.4. The van der Waals surface area contributed by atoms with Crippen LogP contribution in [0.5, 0.6) is 5.75 Å². The minimum atomic E-state index is -0.964. The quantitative estimate of drug-likeness (QED) is 0.722. The Kier molecular flexibility index (Phi) is 2.98. The number of hydrogen-bond donors (Lipinski definition) is 2. The van der Waals surface area contributed by atoms with E-state index >= 15 is 0 Å². The summed E-state index contributed by atoms with van der Waals surface area (Å²) in [5.74, 6) is -0.898. The number of benzene rings is 2. The Labute approximate surface area is 113 Å². The first-order valence-corrected chi connectivity index (χ1v) is 5.94. The number of anilines is 1. The molecule has 20 heavy (non-hydrogen) atoms. The fourth-order valence-corrected chi connectivity index (χ4v) is 1.89. The number of rotatable bonds is 3. The van der Waals surface area contributed by atoms with E-state index in [9.17, 15) is 8.78 Å². The summed E-state index contributed by atoms with van der Waals surface area (Å²) in [6, 6.07) is 9.41. The van der Waals surface area contributed by atoms with Gasteiger partial charge in [0.25, 0.3) is 0 Å². The molecule has 0 aliphatic carbocycles. The third kappa shape index (κ3) is 2.27. The van der Waals surface area contributed by atoms with E-state index < -0.39 is 11.6 Å². The summed E-state index contributed by atoms with van der Waals surface area (Å²) in [5, 5.41) is 0. The molecule has 0 fully saturated rings. The molecule has 0 spiro atoms. The minimum Gasteiger partial charge on any atom is -0.486 e. The number of ether oxygens (including phenoxy) is 1. The zero-order valence-electron chi connectivity index (χ0n) is 10.4. The van der Waals surface area contributed by atoms with Crippen LogP contribution in [0, 0.1) is 11.6 Å². The average molecular weight is 275 g/mol. The third-order valence-corrected chi connectivity index (χ3v) is 2.83. The van der Waals surface area contributed by atoms with Crippen molar-refractivity contribution in [1.29, 1.82) is 0 Å². The zero-order chi connectivity index (χ0) is 14.1. The summed E-state index contributed by atoms with van der Waals surface area (Å²) in [7, 11) is 0. The highest BCUT2D eigenvalue weighted by Gasteiger charge is 2.12. The molecule has 0 aliphatic rings. The Bertz CT molecular complexity index is 770. The number of aromatic amines is 1. The molecule has 0 atom stereocenters. The van der Waals surface area contributed by atoms with Crippen molar-refractivity contribution in [2.45, 2.75) is 6.61 Å². The topological polar surface area (TPSA) is 63.9 Å². The van der Waals surface area contributed by atoms with Gasteiger partial charge < -0.3 is 15.5 Å². The van der Waals surface area contributed by atoms with Crippen molar-refractivity contribution < 1.29 is 13.5 Å². The molecule has 6 heteroatoms. The summed E-state index contributed by atoms with van der Waals surface area (Å²) in [5.41, 5.74) is 6.61. The Morgan fingerprint density at radius 3 is 2.85 bits per heavy atom. The van der Waals surface area contributed by atoms with Gasteiger partial charge in [0.05, 0.1) is 5.52 Å². The molecule has 3 aromatic rings. The van der Waals surface area contributed by atoms with Crippen LogP contribution in [0.15, 0.2) is 36.4 Å². The number of aromatic nitrogens is 2. The molecule has 3 rings (SSSR count). The largest absolute Gasteiger partial charge is 0.486 e. The van der Waals surface area contributed by atoms with Crippen LogP contribution < -0.4 is 10.5 Å². The van der Waals surface area contributed by atoms with E-state index in [0.717, 1.165) is 6.07 Å². The van der Waals surface area contributed by atoms with Gasteiger partial charge in [-0.15, -0.1) is 0 Å². The monoisotopic (exact) mass is 275 g/mol. The minimum absolute atomic E-state index is 0.0313. The van der Waals surface area contributed by atoms with Crippen molar-refractivity contribution in [2.24, 2.45) is 0 Å². The lowest BCUT2D eigenvalue weighted by molar-refractivity contribution is 0.297. The Morgan fingerprint density at radius 1 is 1.20 bits per heavy atom. The molecule has 0 unspecified atom stereocenters. The second kappa shape index (κ2) is 4.80. The summed E-state index contributed by atoms with van der Waals surface area (Å²) in [6.07, 6.45) is 0. The molecule has 0 saturated heterocycles. The number of nitrogens with zero attached hydrogens (tertiary/aromatic N) is 1. The van der Waals surface area contributed by atoms with E-state index in [1.165, 1.54) is 6.07 Å². The molecular weight excluding hydrogens is 264 g/mol. The number of imidazole rings is 1. The Hall–Kier alpha value is -2.63. The van der Waals surface area contributed by atoms with Crippen LogP contribution in [0.2, 0.25) is 0 Å². The van der Waals surface area contributed by atoms with Gasteiger partial charge in [-0.3, -0.25) is 0 Å². The molecule has 3 N–H and O–H groups in total. The molecule has 0 aliphatic heterocycles. The zero-order valence-corrected chi connectivity index (χ0v) is 10.4. The fraction of sp³-hybridized carbons (Fsp3) is 0.0714. The standard InChI is InChI=1S/C14H11F2N3O/c15-10-4-5-11-14(13(10)16)19-12(18-11)7-20-9-3-1-2-8(17)6-9/h1-6H,7,17H2,(H,18,19). The van der Waals surface area contributed by atoms with Crippen LogP contribution in [0.4, 0.5) is 14.5 Å². The predicted octanol–water partition coefficient (Wildman–Crippen LogP) is 3.00. The maximum Gasteiger partial charge on any atom is 0.186 e. The van der Waals surface area contributed by atoms with Gasteiger partial charge in [0.1, 0.15) is 23.7 Å². The predicted molar refractivity (Wildman–Crippen MR) is 71.2 cm³/mol. The lowest BCUT2D eigenvalue weighted by Crippen LogP contribution is -1.98. The summed E-state index contributed by atoms with van der Waals surface area (Å²) < 4.78 is 32.1. The SMILES string of the molecule is Nc1cccc(OCc2nc3c(F)c(F)ccc3[nH]2)c1. The second-order valence-electron chi connectivity index (χ2n) is 4.30. The molecule has 4 nitrogen and oxygen atoms in total. The Morgan fingerprint density at radius 2 is 2.05 bits per heavy atom. The number of nitrogens with one attached hydrogen (secondary N) is 1. The van der Waals surface area contributed by atoms with E-state index in [0.29, 0.717) is 22.8 Å². The van der Waals surface area contributed by atoms with Crippen LogP contribution in [0.1, 0.15) is 5.82 Å². The maximum atomic E-state index is 13.5. The molecule has 1 aromatic heterocycles. The maximum absolute atomic E-state index is 13.5. The molecule has 0 bridgehead atoms. The van der Waals surface area contributed by atoms with Gasteiger partial charge in [-0.05, 0) is 24.3 Å². The van der Waals surface area contributed by atoms with Gasteiger partial charge in [-0.25, -0.2) is 13.8 Å². The number of hydrogen-bond acceptors (Lipinski definition) is 3. The average Bonchev–Trinajstić information content (AvgIpc) is 2.85. The van der Waals surface area contributed by atoms with Gasteiger partial charge >= 0.3 is 0 Å². The van der Waals surface area contributed by atoms with E-state index in [4.69, 9.17) is 10.5 Å². The van der Waals surface area contributed by atoms with E-state index in [-0.39, 0.29) is 12.1 Å².